The Hall–Kier alpha value is -1.43. The fourth-order valence-electron chi connectivity index (χ4n) is 1.03. The Morgan fingerprint density at radius 3 is 2.50 bits per heavy atom. The van der Waals surface area contributed by atoms with Crippen LogP contribution in [0, 0.1) is 0 Å². The van der Waals surface area contributed by atoms with Gasteiger partial charge >= 0.3 is 6.36 Å². The molecule has 0 aromatic heterocycles. The molecule has 0 heterocycles. The van der Waals surface area contributed by atoms with Gasteiger partial charge in [-0.1, -0.05) is 6.07 Å². The molecule has 0 bridgehead atoms. The highest BCUT2D eigenvalue weighted by Crippen LogP contribution is 2.25. The molecule has 3 nitrogen and oxygen atoms in total. The molecule has 0 aliphatic heterocycles. The molecule has 1 aromatic rings. The van der Waals surface area contributed by atoms with Crippen molar-refractivity contribution in [3.63, 3.8) is 0 Å². The van der Waals surface area contributed by atoms with Crippen LogP contribution in [0.2, 0.25) is 0 Å². The first-order chi connectivity index (χ1) is 7.51. The van der Waals surface area contributed by atoms with E-state index in [4.69, 9.17) is 10.5 Å². The van der Waals surface area contributed by atoms with Gasteiger partial charge < -0.3 is 15.2 Å². The van der Waals surface area contributed by atoms with Crippen molar-refractivity contribution >= 4 is 0 Å². The predicted molar refractivity (Wildman–Crippen MR) is 52.3 cm³/mol. The largest absolute Gasteiger partial charge is 0.573 e. The maximum Gasteiger partial charge on any atom is 0.573 e. The van der Waals surface area contributed by atoms with Crippen molar-refractivity contribution in [2.75, 3.05) is 13.2 Å². The molecule has 1 aromatic carbocycles. The van der Waals surface area contributed by atoms with E-state index in [0.717, 1.165) is 0 Å². The monoisotopic (exact) mass is 235 g/mol. The first kappa shape index (κ1) is 12.6. The minimum Gasteiger partial charge on any atom is -0.493 e. The van der Waals surface area contributed by atoms with E-state index in [2.05, 4.69) is 4.74 Å². The number of rotatable bonds is 5. The van der Waals surface area contributed by atoms with Crippen molar-refractivity contribution < 1.29 is 22.6 Å². The van der Waals surface area contributed by atoms with Crippen LogP contribution in [0.1, 0.15) is 6.42 Å². The topological polar surface area (TPSA) is 44.5 Å². The summed E-state index contributed by atoms with van der Waals surface area (Å²) in [6.45, 7) is 0.838. The molecule has 0 aliphatic rings. The summed E-state index contributed by atoms with van der Waals surface area (Å²) < 4.78 is 44.6. The van der Waals surface area contributed by atoms with Gasteiger partial charge in [-0.2, -0.15) is 0 Å². The number of benzene rings is 1. The molecule has 0 saturated carbocycles. The van der Waals surface area contributed by atoms with E-state index in [0.29, 0.717) is 25.3 Å². The number of nitrogens with two attached hydrogens (primary N) is 1. The second-order valence-electron chi connectivity index (χ2n) is 3.01. The van der Waals surface area contributed by atoms with Crippen molar-refractivity contribution in [1.29, 1.82) is 0 Å². The smallest absolute Gasteiger partial charge is 0.493 e. The Morgan fingerprint density at radius 1 is 1.19 bits per heavy atom. The minimum atomic E-state index is -4.68. The summed E-state index contributed by atoms with van der Waals surface area (Å²) in [6.07, 6.45) is -4.04. The highest BCUT2D eigenvalue weighted by Gasteiger charge is 2.31. The molecule has 90 valence electrons. The standard InChI is InChI=1S/C10H12F3NO2/c11-10(12,13)16-9-4-1-3-8(7-9)15-6-2-5-14/h1,3-4,7H,2,5-6,14H2. The lowest BCUT2D eigenvalue weighted by molar-refractivity contribution is -0.274. The molecule has 16 heavy (non-hydrogen) atoms. The Kier molecular flexibility index (Phi) is 4.42. The number of ether oxygens (including phenoxy) is 2. The van der Waals surface area contributed by atoms with Gasteiger partial charge in [-0.05, 0) is 25.1 Å². The Balaban J connectivity index is 2.57. The molecule has 2 N–H and O–H groups in total. The van der Waals surface area contributed by atoms with E-state index in [-0.39, 0.29) is 5.75 Å². The van der Waals surface area contributed by atoms with Crippen molar-refractivity contribution in [2.24, 2.45) is 5.73 Å². The lowest BCUT2D eigenvalue weighted by atomic mass is 10.3. The van der Waals surface area contributed by atoms with E-state index in [1.807, 2.05) is 0 Å². The summed E-state index contributed by atoms with van der Waals surface area (Å²) in [6, 6.07) is 5.38. The summed E-state index contributed by atoms with van der Waals surface area (Å²) in [5, 5.41) is 0. The SMILES string of the molecule is NCCCOc1cccc(OC(F)(F)F)c1. The molecule has 0 fully saturated rings. The summed E-state index contributed by atoms with van der Waals surface area (Å²) in [4.78, 5) is 0. The summed E-state index contributed by atoms with van der Waals surface area (Å²) in [5.41, 5.74) is 5.25. The van der Waals surface area contributed by atoms with Gasteiger partial charge in [0.15, 0.2) is 0 Å². The Morgan fingerprint density at radius 2 is 1.88 bits per heavy atom. The summed E-state index contributed by atoms with van der Waals surface area (Å²) in [5.74, 6) is 0.0351. The molecule has 0 saturated heterocycles. The van der Waals surface area contributed by atoms with Gasteiger partial charge in [0.05, 0.1) is 6.61 Å². The van der Waals surface area contributed by atoms with Crippen LogP contribution in [0.15, 0.2) is 24.3 Å². The average molecular weight is 235 g/mol. The van der Waals surface area contributed by atoms with Crippen LogP contribution in [0.5, 0.6) is 11.5 Å². The van der Waals surface area contributed by atoms with Crippen molar-refractivity contribution in [1.82, 2.24) is 0 Å². The lowest BCUT2D eigenvalue weighted by Gasteiger charge is -2.10. The van der Waals surface area contributed by atoms with Crippen LogP contribution in [0.3, 0.4) is 0 Å². The molecule has 0 aliphatic carbocycles. The fraction of sp³-hybridized carbons (Fsp3) is 0.400. The van der Waals surface area contributed by atoms with Crippen LogP contribution >= 0.6 is 0 Å². The number of halogens is 3. The zero-order valence-corrected chi connectivity index (χ0v) is 8.46. The van der Waals surface area contributed by atoms with Gasteiger partial charge in [-0.15, -0.1) is 13.2 Å². The third-order valence-corrected chi connectivity index (χ3v) is 1.66. The first-order valence-corrected chi connectivity index (χ1v) is 4.70. The van der Waals surface area contributed by atoms with E-state index < -0.39 is 6.36 Å². The second kappa shape index (κ2) is 5.60. The zero-order valence-electron chi connectivity index (χ0n) is 8.46. The van der Waals surface area contributed by atoms with Crippen LogP contribution in [0.4, 0.5) is 13.2 Å². The van der Waals surface area contributed by atoms with Crippen LogP contribution in [0.25, 0.3) is 0 Å². The van der Waals surface area contributed by atoms with Gasteiger partial charge in [0.1, 0.15) is 11.5 Å². The van der Waals surface area contributed by atoms with E-state index in [1.54, 1.807) is 6.07 Å². The predicted octanol–water partition coefficient (Wildman–Crippen LogP) is 2.31. The second-order valence-corrected chi connectivity index (χ2v) is 3.01. The van der Waals surface area contributed by atoms with E-state index >= 15 is 0 Å². The molecule has 6 heteroatoms. The molecule has 0 atom stereocenters. The highest BCUT2D eigenvalue weighted by molar-refractivity contribution is 5.33. The molecule has 1 rings (SSSR count). The van der Waals surface area contributed by atoms with Gasteiger partial charge in [0.25, 0.3) is 0 Å². The Bertz CT molecular complexity index is 328. The highest BCUT2D eigenvalue weighted by atomic mass is 19.4. The maximum atomic E-state index is 11.9. The number of hydrogen-bond donors (Lipinski definition) is 1. The molecule has 0 spiro atoms. The first-order valence-electron chi connectivity index (χ1n) is 4.70. The molecular formula is C10H12F3NO2. The van der Waals surface area contributed by atoms with Crippen molar-refractivity contribution in [2.45, 2.75) is 12.8 Å². The molecule has 0 radical (unpaired) electrons. The van der Waals surface area contributed by atoms with Gasteiger partial charge in [-0.3, -0.25) is 0 Å². The molecule has 0 unspecified atom stereocenters. The van der Waals surface area contributed by atoms with E-state index in [9.17, 15) is 13.2 Å². The normalized spacial score (nSPS) is 11.2. The quantitative estimate of drug-likeness (QED) is 0.796. The third kappa shape index (κ3) is 4.88. The summed E-state index contributed by atoms with van der Waals surface area (Å²) in [7, 11) is 0. The minimum absolute atomic E-state index is 0.294. The maximum absolute atomic E-state index is 11.9. The zero-order chi connectivity index (χ0) is 12.0. The van der Waals surface area contributed by atoms with Crippen molar-refractivity contribution in [3.8, 4) is 11.5 Å². The number of alkyl halides is 3. The van der Waals surface area contributed by atoms with Gasteiger partial charge in [0.2, 0.25) is 0 Å². The van der Waals surface area contributed by atoms with E-state index in [1.165, 1.54) is 18.2 Å². The molecule has 0 amide bonds. The number of hydrogen-bond acceptors (Lipinski definition) is 3. The van der Waals surface area contributed by atoms with Gasteiger partial charge in [-0.25, -0.2) is 0 Å². The van der Waals surface area contributed by atoms with Crippen molar-refractivity contribution in [3.05, 3.63) is 24.3 Å². The third-order valence-electron chi connectivity index (χ3n) is 1.66. The van der Waals surface area contributed by atoms with Crippen LogP contribution in [-0.2, 0) is 0 Å². The van der Waals surface area contributed by atoms with Gasteiger partial charge in [0, 0.05) is 6.07 Å². The average Bonchev–Trinajstić information content (AvgIpc) is 2.16. The fourth-order valence-corrected chi connectivity index (χ4v) is 1.03. The van der Waals surface area contributed by atoms with Crippen LogP contribution < -0.4 is 15.2 Å². The van der Waals surface area contributed by atoms with Crippen LogP contribution in [-0.4, -0.2) is 19.5 Å². The lowest BCUT2D eigenvalue weighted by Crippen LogP contribution is -2.17. The Labute approximate surface area is 91.0 Å². The summed E-state index contributed by atoms with van der Waals surface area (Å²) >= 11 is 0. The molecular weight excluding hydrogens is 223 g/mol.